The van der Waals surface area contributed by atoms with Gasteiger partial charge in [0.05, 0.1) is 23.3 Å². The Morgan fingerprint density at radius 3 is 1.57 bits per heavy atom. The van der Waals surface area contributed by atoms with E-state index in [1.54, 1.807) is 64.1 Å². The minimum atomic E-state index is -0.790. The Balaban J connectivity index is 1.98. The fourth-order valence-corrected chi connectivity index (χ4v) is 3.03. The van der Waals surface area contributed by atoms with Gasteiger partial charge >= 0.3 is 6.16 Å². The molecule has 0 aliphatic rings. The molecule has 144 valence electrons. The van der Waals surface area contributed by atoms with Crippen molar-refractivity contribution >= 4 is 6.16 Å². The standard InChI is InChI=1S/C23H24N2O3/c1-22(2,13-17-7-5-9-19(11-17)15-24)27-21(26)28-23(3,4)14-18-8-6-10-20(12-18)16-25/h5-12H,13-14H2,1-4H3. The number of carbonyl (C=O) groups is 1. The van der Waals surface area contributed by atoms with Gasteiger partial charge in [0.1, 0.15) is 11.2 Å². The van der Waals surface area contributed by atoms with Crippen LogP contribution in [0, 0.1) is 22.7 Å². The summed E-state index contributed by atoms with van der Waals surface area (Å²) in [4.78, 5) is 12.4. The lowest BCUT2D eigenvalue weighted by Gasteiger charge is -2.29. The van der Waals surface area contributed by atoms with E-state index in [0.717, 1.165) is 11.1 Å². The number of ether oxygens (including phenoxy) is 2. The first kappa shape index (κ1) is 21.0. The number of rotatable bonds is 6. The first-order valence-corrected chi connectivity index (χ1v) is 9.02. The molecule has 0 saturated carbocycles. The van der Waals surface area contributed by atoms with Crippen LogP contribution in [0.1, 0.15) is 49.9 Å². The van der Waals surface area contributed by atoms with Crippen LogP contribution in [0.3, 0.4) is 0 Å². The van der Waals surface area contributed by atoms with Gasteiger partial charge < -0.3 is 9.47 Å². The van der Waals surface area contributed by atoms with Gasteiger partial charge in [0.15, 0.2) is 0 Å². The first-order chi connectivity index (χ1) is 13.1. The highest BCUT2D eigenvalue weighted by Gasteiger charge is 2.30. The Hall–Kier alpha value is -3.31. The van der Waals surface area contributed by atoms with Crippen molar-refractivity contribution in [3.05, 3.63) is 70.8 Å². The van der Waals surface area contributed by atoms with Crippen LogP contribution in [0.25, 0.3) is 0 Å². The Bertz CT molecular complexity index is 858. The van der Waals surface area contributed by atoms with Crippen molar-refractivity contribution in [1.82, 2.24) is 0 Å². The normalized spacial score (nSPS) is 11.2. The maximum atomic E-state index is 12.4. The zero-order valence-electron chi connectivity index (χ0n) is 16.7. The molecule has 0 N–H and O–H groups in total. The van der Waals surface area contributed by atoms with Crippen molar-refractivity contribution in [2.24, 2.45) is 0 Å². The molecule has 0 fully saturated rings. The zero-order chi connectivity index (χ0) is 20.8. The van der Waals surface area contributed by atoms with Crippen molar-refractivity contribution in [3.8, 4) is 12.1 Å². The molecule has 2 aromatic rings. The summed E-state index contributed by atoms with van der Waals surface area (Å²) in [6.45, 7) is 7.21. The lowest BCUT2D eigenvalue weighted by molar-refractivity contribution is -0.0582. The summed E-state index contributed by atoms with van der Waals surface area (Å²) in [6, 6.07) is 18.6. The van der Waals surface area contributed by atoms with Crippen molar-refractivity contribution < 1.29 is 14.3 Å². The molecular formula is C23H24N2O3. The topological polar surface area (TPSA) is 83.1 Å². The van der Waals surface area contributed by atoms with Crippen molar-refractivity contribution in [1.29, 1.82) is 10.5 Å². The zero-order valence-corrected chi connectivity index (χ0v) is 16.7. The monoisotopic (exact) mass is 376 g/mol. The van der Waals surface area contributed by atoms with Crippen LogP contribution >= 0.6 is 0 Å². The summed E-state index contributed by atoms with van der Waals surface area (Å²) >= 11 is 0. The molecule has 0 bridgehead atoms. The molecule has 0 amide bonds. The summed E-state index contributed by atoms with van der Waals surface area (Å²) in [6.07, 6.45) is 0.174. The van der Waals surface area contributed by atoms with Gasteiger partial charge in [-0.1, -0.05) is 24.3 Å². The van der Waals surface area contributed by atoms with Gasteiger partial charge in [-0.25, -0.2) is 4.79 Å². The fourth-order valence-electron chi connectivity index (χ4n) is 3.03. The lowest BCUT2D eigenvalue weighted by atomic mass is 9.97. The van der Waals surface area contributed by atoms with Crippen LogP contribution in [0.5, 0.6) is 0 Å². The van der Waals surface area contributed by atoms with Crippen molar-refractivity contribution in [2.45, 2.75) is 51.7 Å². The van der Waals surface area contributed by atoms with Gasteiger partial charge in [-0.15, -0.1) is 0 Å². The van der Waals surface area contributed by atoms with E-state index in [2.05, 4.69) is 12.1 Å². The van der Waals surface area contributed by atoms with Gasteiger partial charge in [0, 0.05) is 12.8 Å². The average Bonchev–Trinajstić information content (AvgIpc) is 2.59. The van der Waals surface area contributed by atoms with E-state index in [1.165, 1.54) is 0 Å². The molecule has 0 radical (unpaired) electrons. The second kappa shape index (κ2) is 8.59. The van der Waals surface area contributed by atoms with E-state index in [4.69, 9.17) is 20.0 Å². The van der Waals surface area contributed by atoms with Crippen LogP contribution in [0.15, 0.2) is 48.5 Å². The number of benzene rings is 2. The third-order valence-electron chi connectivity index (χ3n) is 4.09. The van der Waals surface area contributed by atoms with Crippen molar-refractivity contribution in [2.75, 3.05) is 0 Å². The van der Waals surface area contributed by atoms with E-state index in [0.29, 0.717) is 24.0 Å². The third-order valence-corrected chi connectivity index (χ3v) is 4.09. The SMILES string of the molecule is CC(C)(Cc1cccc(C#N)c1)OC(=O)OC(C)(C)Cc1cccc(C#N)c1. The Morgan fingerprint density at radius 2 is 1.21 bits per heavy atom. The lowest BCUT2D eigenvalue weighted by Crippen LogP contribution is -2.36. The molecule has 5 heteroatoms. The highest BCUT2D eigenvalue weighted by molar-refractivity contribution is 5.61. The molecular weight excluding hydrogens is 352 g/mol. The van der Waals surface area contributed by atoms with Crippen LogP contribution in [0.4, 0.5) is 4.79 Å². The molecule has 0 aromatic heterocycles. The maximum Gasteiger partial charge on any atom is 0.509 e. The predicted molar refractivity (Wildman–Crippen MR) is 105 cm³/mol. The number of nitriles is 2. The second-order valence-electron chi connectivity index (χ2n) is 7.95. The molecule has 5 nitrogen and oxygen atoms in total. The van der Waals surface area contributed by atoms with E-state index in [1.807, 2.05) is 12.1 Å². The molecule has 0 atom stereocenters. The van der Waals surface area contributed by atoms with Gasteiger partial charge in [-0.3, -0.25) is 0 Å². The maximum absolute atomic E-state index is 12.4. The minimum Gasteiger partial charge on any atom is -0.428 e. The molecule has 2 aromatic carbocycles. The number of nitrogens with zero attached hydrogens (tertiary/aromatic N) is 2. The van der Waals surface area contributed by atoms with Crippen LogP contribution < -0.4 is 0 Å². The highest BCUT2D eigenvalue weighted by atomic mass is 16.7. The molecule has 2 rings (SSSR count). The van der Waals surface area contributed by atoms with Crippen molar-refractivity contribution in [3.63, 3.8) is 0 Å². The summed E-state index contributed by atoms with van der Waals surface area (Å²) in [7, 11) is 0. The van der Waals surface area contributed by atoms with Gasteiger partial charge in [0.25, 0.3) is 0 Å². The molecule has 0 saturated heterocycles. The first-order valence-electron chi connectivity index (χ1n) is 9.02. The molecule has 0 unspecified atom stereocenters. The molecule has 0 aliphatic heterocycles. The number of hydrogen-bond donors (Lipinski definition) is 0. The van der Waals surface area contributed by atoms with Gasteiger partial charge in [0.2, 0.25) is 0 Å². The summed E-state index contributed by atoms with van der Waals surface area (Å²) in [5, 5.41) is 18.0. The molecule has 0 spiro atoms. The number of carbonyl (C=O) groups excluding carboxylic acids is 1. The van der Waals surface area contributed by atoms with Gasteiger partial charge in [-0.05, 0) is 63.1 Å². The summed E-state index contributed by atoms with van der Waals surface area (Å²) in [5.74, 6) is 0. The summed E-state index contributed by atoms with van der Waals surface area (Å²) in [5.41, 5.74) is 1.37. The molecule has 28 heavy (non-hydrogen) atoms. The van der Waals surface area contributed by atoms with Crippen LogP contribution in [-0.4, -0.2) is 17.4 Å². The second-order valence-corrected chi connectivity index (χ2v) is 7.95. The van der Waals surface area contributed by atoms with E-state index < -0.39 is 17.4 Å². The fraction of sp³-hybridized carbons (Fsp3) is 0.348. The summed E-state index contributed by atoms with van der Waals surface area (Å²) < 4.78 is 11.1. The third kappa shape index (κ3) is 6.45. The van der Waals surface area contributed by atoms with Crippen LogP contribution in [-0.2, 0) is 22.3 Å². The smallest absolute Gasteiger partial charge is 0.428 e. The quantitative estimate of drug-likeness (QED) is 0.668. The van der Waals surface area contributed by atoms with E-state index in [-0.39, 0.29) is 0 Å². The van der Waals surface area contributed by atoms with E-state index in [9.17, 15) is 4.79 Å². The van der Waals surface area contributed by atoms with E-state index >= 15 is 0 Å². The minimum absolute atomic E-state index is 0.461. The molecule has 0 aliphatic carbocycles. The average molecular weight is 376 g/mol. The Kier molecular flexibility index (Phi) is 6.44. The van der Waals surface area contributed by atoms with Gasteiger partial charge in [-0.2, -0.15) is 10.5 Å². The largest absolute Gasteiger partial charge is 0.509 e. The molecule has 0 heterocycles. The van der Waals surface area contributed by atoms with Crippen LogP contribution in [0.2, 0.25) is 0 Å². The Labute approximate surface area is 166 Å². The number of hydrogen-bond acceptors (Lipinski definition) is 5. The Morgan fingerprint density at radius 1 is 0.821 bits per heavy atom. The highest BCUT2D eigenvalue weighted by Crippen LogP contribution is 2.23. The predicted octanol–water partition coefficient (Wildman–Crippen LogP) is 4.93.